The van der Waals surface area contributed by atoms with Crippen molar-refractivity contribution in [2.45, 2.75) is 19.4 Å². The molecule has 4 heteroatoms. The van der Waals surface area contributed by atoms with E-state index in [4.69, 9.17) is 5.73 Å². The predicted molar refractivity (Wildman–Crippen MR) is 53.0 cm³/mol. The molecule has 0 spiro atoms. The summed E-state index contributed by atoms with van der Waals surface area (Å²) in [6.07, 6.45) is 0.648. The maximum atomic E-state index is 12.9. The van der Waals surface area contributed by atoms with E-state index >= 15 is 0 Å². The van der Waals surface area contributed by atoms with E-state index in [1.807, 2.05) is 6.92 Å². The van der Waals surface area contributed by atoms with Gasteiger partial charge in [0.15, 0.2) is 11.6 Å². The Balaban J connectivity index is 3.25. The Morgan fingerprint density at radius 2 is 2.23 bits per heavy atom. The Morgan fingerprint density at radius 1 is 1.62 bits per heavy atom. The number of rotatable bonds is 2. The van der Waals surface area contributed by atoms with E-state index in [-0.39, 0.29) is 11.8 Å². The molecular formula is C9H11BrFNO. The molecule has 2 nitrogen and oxygen atoms in total. The molecule has 72 valence electrons. The van der Waals surface area contributed by atoms with Gasteiger partial charge in [0.25, 0.3) is 0 Å². The lowest BCUT2D eigenvalue weighted by Crippen LogP contribution is -2.10. The van der Waals surface area contributed by atoms with Crippen molar-refractivity contribution in [2.24, 2.45) is 5.73 Å². The summed E-state index contributed by atoms with van der Waals surface area (Å²) < 4.78 is 13.6. The summed E-state index contributed by atoms with van der Waals surface area (Å²) in [6, 6.07) is 2.40. The number of nitrogens with two attached hydrogens (primary N) is 1. The fraction of sp³-hybridized carbons (Fsp3) is 0.333. The summed E-state index contributed by atoms with van der Waals surface area (Å²) >= 11 is 3.22. The summed E-state index contributed by atoms with van der Waals surface area (Å²) in [5.74, 6) is -0.995. The van der Waals surface area contributed by atoms with E-state index in [0.717, 1.165) is 0 Å². The first kappa shape index (κ1) is 10.5. The van der Waals surface area contributed by atoms with Crippen LogP contribution in [0.4, 0.5) is 4.39 Å². The first-order valence-corrected chi connectivity index (χ1v) is 4.79. The zero-order valence-electron chi connectivity index (χ0n) is 7.22. The molecule has 0 saturated carbocycles. The van der Waals surface area contributed by atoms with Crippen LogP contribution in [0.1, 0.15) is 24.9 Å². The molecule has 1 atom stereocenters. The highest BCUT2D eigenvalue weighted by Crippen LogP contribution is 2.33. The van der Waals surface area contributed by atoms with E-state index in [9.17, 15) is 9.50 Å². The molecule has 0 aromatic heterocycles. The maximum absolute atomic E-state index is 12.9. The molecule has 0 heterocycles. The summed E-state index contributed by atoms with van der Waals surface area (Å²) in [4.78, 5) is 0. The highest BCUT2D eigenvalue weighted by atomic mass is 79.9. The van der Waals surface area contributed by atoms with Gasteiger partial charge in [0.05, 0.1) is 0 Å². The maximum Gasteiger partial charge on any atom is 0.165 e. The minimum absolute atomic E-state index is 0.343. The van der Waals surface area contributed by atoms with Gasteiger partial charge >= 0.3 is 0 Å². The fourth-order valence-electron chi connectivity index (χ4n) is 1.11. The number of phenols is 1. The van der Waals surface area contributed by atoms with Crippen LogP contribution in [0.5, 0.6) is 5.75 Å². The largest absolute Gasteiger partial charge is 0.505 e. The van der Waals surface area contributed by atoms with Crippen molar-refractivity contribution in [1.82, 2.24) is 0 Å². The summed E-state index contributed by atoms with van der Waals surface area (Å²) in [5, 5.41) is 9.39. The Hall–Kier alpha value is -0.610. The van der Waals surface area contributed by atoms with Crippen molar-refractivity contribution in [1.29, 1.82) is 0 Å². The third kappa shape index (κ3) is 2.00. The SMILES string of the molecule is CCC(N)c1c(Br)ccc(F)c1O. The minimum Gasteiger partial charge on any atom is -0.505 e. The second kappa shape index (κ2) is 4.07. The second-order valence-electron chi connectivity index (χ2n) is 2.81. The normalized spacial score (nSPS) is 12.9. The van der Waals surface area contributed by atoms with Gasteiger partial charge in [-0.1, -0.05) is 22.9 Å². The average Bonchev–Trinajstić information content (AvgIpc) is 2.12. The average molecular weight is 248 g/mol. The topological polar surface area (TPSA) is 46.2 Å². The number of hydrogen-bond donors (Lipinski definition) is 2. The molecule has 0 aliphatic carbocycles. The molecule has 13 heavy (non-hydrogen) atoms. The van der Waals surface area contributed by atoms with Crippen molar-refractivity contribution in [2.75, 3.05) is 0 Å². The highest BCUT2D eigenvalue weighted by molar-refractivity contribution is 9.10. The van der Waals surface area contributed by atoms with E-state index in [2.05, 4.69) is 15.9 Å². The predicted octanol–water partition coefficient (Wildman–Crippen LogP) is 2.70. The first-order chi connectivity index (χ1) is 6.07. The van der Waals surface area contributed by atoms with Gasteiger partial charge in [-0.15, -0.1) is 0 Å². The summed E-state index contributed by atoms with van der Waals surface area (Å²) in [5.41, 5.74) is 6.14. The molecule has 0 saturated heterocycles. The quantitative estimate of drug-likeness (QED) is 0.845. The van der Waals surface area contributed by atoms with Gasteiger partial charge in [-0.2, -0.15) is 0 Å². The summed E-state index contributed by atoms with van der Waals surface area (Å²) in [7, 11) is 0. The van der Waals surface area contributed by atoms with E-state index < -0.39 is 5.82 Å². The first-order valence-electron chi connectivity index (χ1n) is 4.00. The molecule has 0 amide bonds. The van der Waals surface area contributed by atoms with Crippen molar-refractivity contribution in [3.63, 3.8) is 0 Å². The highest BCUT2D eigenvalue weighted by Gasteiger charge is 2.16. The lowest BCUT2D eigenvalue weighted by Gasteiger charge is -2.13. The van der Waals surface area contributed by atoms with Crippen LogP contribution in [-0.2, 0) is 0 Å². The van der Waals surface area contributed by atoms with Gasteiger partial charge in [-0.3, -0.25) is 0 Å². The van der Waals surface area contributed by atoms with Crippen LogP contribution in [0.25, 0.3) is 0 Å². The van der Waals surface area contributed by atoms with E-state index in [1.54, 1.807) is 6.07 Å². The molecule has 1 aromatic rings. The van der Waals surface area contributed by atoms with Crippen molar-refractivity contribution >= 4 is 15.9 Å². The van der Waals surface area contributed by atoms with Crippen molar-refractivity contribution < 1.29 is 9.50 Å². The molecular weight excluding hydrogens is 237 g/mol. The monoisotopic (exact) mass is 247 g/mol. The number of hydrogen-bond acceptors (Lipinski definition) is 2. The molecule has 0 aliphatic heterocycles. The number of phenolic OH excluding ortho intramolecular Hbond substituents is 1. The molecule has 0 bridgehead atoms. The van der Waals surface area contributed by atoms with Crippen LogP contribution in [0, 0.1) is 5.82 Å². The molecule has 0 fully saturated rings. The lowest BCUT2D eigenvalue weighted by molar-refractivity contribution is 0.419. The number of benzene rings is 1. The van der Waals surface area contributed by atoms with Gasteiger partial charge in [-0.25, -0.2) is 4.39 Å². The van der Waals surface area contributed by atoms with Crippen LogP contribution >= 0.6 is 15.9 Å². The van der Waals surface area contributed by atoms with Crippen LogP contribution in [0.3, 0.4) is 0 Å². The lowest BCUT2D eigenvalue weighted by atomic mass is 10.0. The van der Waals surface area contributed by atoms with Gasteiger partial charge in [0.2, 0.25) is 0 Å². The number of aromatic hydroxyl groups is 1. The molecule has 1 aromatic carbocycles. The van der Waals surface area contributed by atoms with Gasteiger partial charge in [0.1, 0.15) is 0 Å². The van der Waals surface area contributed by atoms with Crippen LogP contribution in [0.2, 0.25) is 0 Å². The Labute approximate surface area is 84.7 Å². The van der Waals surface area contributed by atoms with E-state index in [0.29, 0.717) is 16.5 Å². The third-order valence-corrected chi connectivity index (χ3v) is 2.62. The number of halogens is 2. The Kier molecular flexibility index (Phi) is 3.27. The van der Waals surface area contributed by atoms with Crippen LogP contribution < -0.4 is 5.73 Å². The Morgan fingerprint density at radius 3 is 2.77 bits per heavy atom. The van der Waals surface area contributed by atoms with Gasteiger partial charge in [0, 0.05) is 16.1 Å². The molecule has 0 aliphatic rings. The van der Waals surface area contributed by atoms with Crippen molar-refractivity contribution in [3.05, 3.63) is 28.0 Å². The summed E-state index contributed by atoms with van der Waals surface area (Å²) in [6.45, 7) is 1.88. The van der Waals surface area contributed by atoms with Crippen LogP contribution in [0.15, 0.2) is 16.6 Å². The Bertz CT molecular complexity index is 317. The second-order valence-corrected chi connectivity index (χ2v) is 3.66. The van der Waals surface area contributed by atoms with Crippen molar-refractivity contribution in [3.8, 4) is 5.75 Å². The van der Waals surface area contributed by atoms with E-state index in [1.165, 1.54) is 6.07 Å². The van der Waals surface area contributed by atoms with Crippen LogP contribution in [-0.4, -0.2) is 5.11 Å². The zero-order valence-corrected chi connectivity index (χ0v) is 8.81. The van der Waals surface area contributed by atoms with Gasteiger partial charge < -0.3 is 10.8 Å². The zero-order chi connectivity index (χ0) is 10.0. The minimum atomic E-state index is -0.637. The third-order valence-electron chi connectivity index (χ3n) is 1.93. The molecule has 1 rings (SSSR count). The molecule has 1 unspecified atom stereocenters. The molecule has 3 N–H and O–H groups in total. The van der Waals surface area contributed by atoms with Gasteiger partial charge in [-0.05, 0) is 18.6 Å². The smallest absolute Gasteiger partial charge is 0.165 e. The molecule has 0 radical (unpaired) electrons. The fourth-order valence-corrected chi connectivity index (χ4v) is 1.73. The standard InChI is InChI=1S/C9H11BrFNO/c1-2-7(12)8-5(10)3-4-6(11)9(8)13/h3-4,7,13H,2,12H2,1H3.